The predicted octanol–water partition coefficient (Wildman–Crippen LogP) is 2.27. The Balaban J connectivity index is 2.09. The number of nitrogens with one attached hydrogen (secondary N) is 1. The average molecular weight is 232 g/mol. The minimum Gasteiger partial charge on any atom is -0.379 e. The minimum atomic E-state index is -0.249. The van der Waals surface area contributed by atoms with Crippen LogP contribution in [0.2, 0.25) is 0 Å². The molecule has 0 atom stereocenters. The van der Waals surface area contributed by atoms with Crippen molar-refractivity contribution in [3.05, 3.63) is 36.5 Å². The van der Waals surface area contributed by atoms with Crippen LogP contribution in [0.25, 0.3) is 10.9 Å². The van der Waals surface area contributed by atoms with Gasteiger partial charge in [-0.05, 0) is 12.1 Å². The van der Waals surface area contributed by atoms with Crippen molar-refractivity contribution in [1.29, 1.82) is 0 Å². The van der Waals surface area contributed by atoms with Gasteiger partial charge in [0.2, 0.25) is 0 Å². The number of para-hydroxylation sites is 1. The number of anilines is 1. The lowest BCUT2D eigenvalue weighted by Crippen LogP contribution is -2.23. The number of hydrogen-bond donors (Lipinski definition) is 1. The van der Waals surface area contributed by atoms with E-state index in [1.54, 1.807) is 14.2 Å². The van der Waals surface area contributed by atoms with E-state index in [0.717, 1.165) is 16.6 Å². The third kappa shape index (κ3) is 2.93. The molecule has 0 fully saturated rings. The molecule has 0 aliphatic heterocycles. The van der Waals surface area contributed by atoms with Gasteiger partial charge in [0.1, 0.15) is 0 Å². The van der Waals surface area contributed by atoms with Crippen LogP contribution in [0.4, 0.5) is 5.69 Å². The van der Waals surface area contributed by atoms with Crippen LogP contribution < -0.4 is 5.32 Å². The lowest BCUT2D eigenvalue weighted by Gasteiger charge is -2.14. The monoisotopic (exact) mass is 232 g/mol. The maximum atomic E-state index is 5.10. The van der Waals surface area contributed by atoms with Gasteiger partial charge < -0.3 is 14.8 Å². The molecule has 0 amide bonds. The molecule has 4 heteroatoms. The number of benzene rings is 1. The Morgan fingerprint density at radius 3 is 2.76 bits per heavy atom. The van der Waals surface area contributed by atoms with Crippen molar-refractivity contribution in [3.63, 3.8) is 0 Å². The third-order valence-electron chi connectivity index (χ3n) is 2.59. The molecule has 0 radical (unpaired) electrons. The van der Waals surface area contributed by atoms with Gasteiger partial charge in [-0.2, -0.15) is 0 Å². The second-order valence-electron chi connectivity index (χ2n) is 3.70. The molecule has 4 nitrogen and oxygen atoms in total. The van der Waals surface area contributed by atoms with Gasteiger partial charge in [-0.25, -0.2) is 0 Å². The molecule has 1 aromatic heterocycles. The van der Waals surface area contributed by atoms with Crippen LogP contribution in [0.1, 0.15) is 0 Å². The number of aromatic nitrogens is 1. The van der Waals surface area contributed by atoms with Crippen LogP contribution in [-0.2, 0) is 9.47 Å². The summed E-state index contributed by atoms with van der Waals surface area (Å²) in [5.41, 5.74) is 1.95. The number of methoxy groups -OCH3 is 2. The first-order valence-corrected chi connectivity index (χ1v) is 5.47. The van der Waals surface area contributed by atoms with Crippen LogP contribution in [0.15, 0.2) is 36.5 Å². The molecular weight excluding hydrogens is 216 g/mol. The summed E-state index contributed by atoms with van der Waals surface area (Å²) in [7, 11) is 3.24. The van der Waals surface area contributed by atoms with Crippen LogP contribution >= 0.6 is 0 Å². The molecule has 0 aliphatic carbocycles. The van der Waals surface area contributed by atoms with E-state index < -0.39 is 0 Å². The van der Waals surface area contributed by atoms with Crippen LogP contribution in [0.3, 0.4) is 0 Å². The molecular formula is C13H16N2O2. The molecule has 1 N–H and O–H groups in total. The Kier molecular flexibility index (Phi) is 3.90. The van der Waals surface area contributed by atoms with Crippen molar-refractivity contribution in [2.75, 3.05) is 26.1 Å². The van der Waals surface area contributed by atoms with Crippen molar-refractivity contribution in [1.82, 2.24) is 4.98 Å². The van der Waals surface area contributed by atoms with Gasteiger partial charge >= 0.3 is 0 Å². The Labute approximate surface area is 101 Å². The van der Waals surface area contributed by atoms with Crippen LogP contribution in [0, 0.1) is 0 Å². The second kappa shape index (κ2) is 5.61. The normalized spacial score (nSPS) is 11.0. The molecule has 1 heterocycles. The SMILES string of the molecule is COC(CNc1cnc2ccccc2c1)OC. The molecule has 17 heavy (non-hydrogen) atoms. The van der Waals surface area contributed by atoms with E-state index in [2.05, 4.69) is 16.4 Å². The van der Waals surface area contributed by atoms with E-state index in [4.69, 9.17) is 9.47 Å². The Morgan fingerprint density at radius 2 is 2.00 bits per heavy atom. The fourth-order valence-corrected chi connectivity index (χ4v) is 1.63. The maximum Gasteiger partial charge on any atom is 0.173 e. The number of fused-ring (bicyclic) bond motifs is 1. The summed E-state index contributed by atoms with van der Waals surface area (Å²) in [6, 6.07) is 10.1. The highest BCUT2D eigenvalue weighted by Crippen LogP contribution is 2.15. The van der Waals surface area contributed by atoms with Crippen molar-refractivity contribution >= 4 is 16.6 Å². The summed E-state index contributed by atoms with van der Waals surface area (Å²) in [5.74, 6) is 0. The first-order valence-electron chi connectivity index (χ1n) is 5.47. The highest BCUT2D eigenvalue weighted by Gasteiger charge is 2.04. The summed E-state index contributed by atoms with van der Waals surface area (Å²) in [4.78, 5) is 4.37. The molecule has 0 unspecified atom stereocenters. The summed E-state index contributed by atoms with van der Waals surface area (Å²) in [6.45, 7) is 0.590. The largest absolute Gasteiger partial charge is 0.379 e. The minimum absolute atomic E-state index is 0.249. The van der Waals surface area contributed by atoms with Gasteiger partial charge in [-0.15, -0.1) is 0 Å². The van der Waals surface area contributed by atoms with E-state index in [1.165, 1.54) is 0 Å². The molecule has 1 aromatic carbocycles. The van der Waals surface area contributed by atoms with Crippen molar-refractivity contribution in [2.24, 2.45) is 0 Å². The summed E-state index contributed by atoms with van der Waals surface area (Å²) in [6.07, 6.45) is 1.56. The zero-order valence-corrected chi connectivity index (χ0v) is 10.0. The number of rotatable bonds is 5. The molecule has 90 valence electrons. The Bertz CT molecular complexity index is 484. The predicted molar refractivity (Wildman–Crippen MR) is 68.0 cm³/mol. The van der Waals surface area contributed by atoms with Gasteiger partial charge in [0.15, 0.2) is 6.29 Å². The van der Waals surface area contributed by atoms with Gasteiger partial charge in [-0.3, -0.25) is 4.98 Å². The van der Waals surface area contributed by atoms with E-state index in [-0.39, 0.29) is 6.29 Å². The molecule has 0 bridgehead atoms. The summed E-state index contributed by atoms with van der Waals surface area (Å²) in [5, 5.41) is 4.34. The van der Waals surface area contributed by atoms with Gasteiger partial charge in [0.25, 0.3) is 0 Å². The average Bonchev–Trinajstić information content (AvgIpc) is 2.40. The summed E-state index contributed by atoms with van der Waals surface area (Å²) < 4.78 is 10.2. The molecule has 0 saturated heterocycles. The fourth-order valence-electron chi connectivity index (χ4n) is 1.63. The maximum absolute atomic E-state index is 5.10. The highest BCUT2D eigenvalue weighted by atomic mass is 16.7. The van der Waals surface area contributed by atoms with E-state index in [9.17, 15) is 0 Å². The zero-order valence-electron chi connectivity index (χ0n) is 10.0. The molecule has 2 rings (SSSR count). The number of hydrogen-bond acceptors (Lipinski definition) is 4. The fraction of sp³-hybridized carbons (Fsp3) is 0.308. The van der Waals surface area contributed by atoms with Crippen LogP contribution in [0.5, 0.6) is 0 Å². The molecule has 0 saturated carbocycles. The van der Waals surface area contributed by atoms with Crippen molar-refractivity contribution in [3.8, 4) is 0 Å². The smallest absolute Gasteiger partial charge is 0.173 e. The third-order valence-corrected chi connectivity index (χ3v) is 2.59. The first kappa shape index (κ1) is 11.8. The van der Waals surface area contributed by atoms with E-state index in [0.29, 0.717) is 6.54 Å². The molecule has 0 spiro atoms. The Hall–Kier alpha value is -1.65. The van der Waals surface area contributed by atoms with Gasteiger partial charge in [-0.1, -0.05) is 18.2 Å². The van der Waals surface area contributed by atoms with E-state index >= 15 is 0 Å². The van der Waals surface area contributed by atoms with Crippen molar-refractivity contribution < 1.29 is 9.47 Å². The van der Waals surface area contributed by atoms with Gasteiger partial charge in [0.05, 0.1) is 23.9 Å². The number of nitrogens with zero attached hydrogens (tertiary/aromatic N) is 1. The van der Waals surface area contributed by atoms with Gasteiger partial charge in [0, 0.05) is 19.6 Å². The number of pyridine rings is 1. The standard InChI is InChI=1S/C13H16N2O2/c1-16-13(17-2)9-14-11-7-10-5-3-4-6-12(10)15-8-11/h3-8,13-14H,9H2,1-2H3. The quantitative estimate of drug-likeness (QED) is 0.803. The molecule has 0 aliphatic rings. The second-order valence-corrected chi connectivity index (χ2v) is 3.70. The lowest BCUT2D eigenvalue weighted by atomic mass is 10.2. The first-order chi connectivity index (χ1) is 8.33. The van der Waals surface area contributed by atoms with Crippen molar-refractivity contribution in [2.45, 2.75) is 6.29 Å². The Morgan fingerprint density at radius 1 is 1.24 bits per heavy atom. The van der Waals surface area contributed by atoms with E-state index in [1.807, 2.05) is 30.5 Å². The molecule has 2 aromatic rings. The van der Waals surface area contributed by atoms with Crippen LogP contribution in [-0.4, -0.2) is 32.0 Å². The zero-order chi connectivity index (χ0) is 12.1. The summed E-state index contributed by atoms with van der Waals surface area (Å²) >= 11 is 0. The highest BCUT2D eigenvalue weighted by molar-refractivity contribution is 5.81. The topological polar surface area (TPSA) is 43.4 Å². The lowest BCUT2D eigenvalue weighted by molar-refractivity contribution is -0.0914. The number of ether oxygens (including phenoxy) is 2.